The minimum Gasteiger partial charge on any atom is -0.455 e. The highest BCUT2D eigenvalue weighted by atomic mass is 19.4. The van der Waals surface area contributed by atoms with Crippen molar-refractivity contribution in [1.29, 1.82) is 0 Å². The molecule has 0 amide bonds. The molecule has 4 aromatic carbocycles. The number of benzene rings is 4. The Morgan fingerprint density at radius 2 is 1.12 bits per heavy atom. The topological polar surface area (TPSA) is 87.3 Å². The lowest BCUT2D eigenvalue weighted by Gasteiger charge is -2.11. The van der Waals surface area contributed by atoms with Gasteiger partial charge >= 0.3 is 12.4 Å². The number of halogens is 6. The molecule has 0 saturated carbocycles. The van der Waals surface area contributed by atoms with E-state index >= 15 is 0 Å². The van der Waals surface area contributed by atoms with Gasteiger partial charge < -0.3 is 13.9 Å². The fourth-order valence-corrected chi connectivity index (χ4v) is 4.98. The van der Waals surface area contributed by atoms with E-state index in [0.717, 1.165) is 46.0 Å². The van der Waals surface area contributed by atoms with Crippen LogP contribution in [-0.2, 0) is 12.4 Å². The van der Waals surface area contributed by atoms with Crippen LogP contribution in [0.15, 0.2) is 120 Å². The normalized spacial score (nSPS) is 11.6. The summed E-state index contributed by atoms with van der Waals surface area (Å²) in [5, 5.41) is 3.03. The molecule has 7 aromatic rings. The van der Waals surface area contributed by atoms with Gasteiger partial charge in [-0.25, -0.2) is 4.98 Å². The van der Waals surface area contributed by atoms with Crippen molar-refractivity contribution in [2.45, 2.75) is 26.2 Å². The summed E-state index contributed by atoms with van der Waals surface area (Å²) in [7, 11) is 0. The lowest BCUT2D eigenvalue weighted by molar-refractivity contribution is -0.138. The van der Waals surface area contributed by atoms with E-state index < -0.39 is 23.5 Å². The monoisotopic (exact) mass is 701 g/mol. The summed E-state index contributed by atoms with van der Waals surface area (Å²) in [4.78, 5) is 23.8. The first-order valence-electron chi connectivity index (χ1n) is 15.1. The zero-order chi connectivity index (χ0) is 36.3. The third kappa shape index (κ3) is 8.15. The second-order valence-corrected chi connectivity index (χ2v) is 11.2. The number of fused-ring (bicyclic) bond motifs is 2. The van der Waals surface area contributed by atoms with Crippen molar-refractivity contribution in [3.05, 3.63) is 138 Å². The highest BCUT2D eigenvalue weighted by Crippen LogP contribution is 2.36. The number of Topliss-reactive ketones (excluding diaryl/α,β-unsaturated/α-hetero) is 1. The van der Waals surface area contributed by atoms with Crippen LogP contribution >= 0.6 is 0 Å². The van der Waals surface area contributed by atoms with Gasteiger partial charge in [0.15, 0.2) is 28.9 Å². The molecule has 0 N–H and O–H groups in total. The van der Waals surface area contributed by atoms with Crippen LogP contribution in [0.4, 0.5) is 26.3 Å². The molecule has 0 unspecified atom stereocenters. The highest BCUT2D eigenvalue weighted by Gasteiger charge is 2.31. The number of pyridine rings is 2. The number of rotatable bonds is 6. The van der Waals surface area contributed by atoms with Crippen LogP contribution in [0.1, 0.15) is 34.3 Å². The summed E-state index contributed by atoms with van der Waals surface area (Å²) in [6.07, 6.45) is -0.851. The number of ether oxygens (including phenoxy) is 2. The van der Waals surface area contributed by atoms with E-state index in [1.807, 2.05) is 18.2 Å². The molecular weight excluding hydrogens is 676 g/mol. The average Bonchev–Trinajstić information content (AvgIpc) is 3.54. The molecule has 0 bridgehead atoms. The number of hydrogen-bond donors (Lipinski definition) is 0. The van der Waals surface area contributed by atoms with Crippen molar-refractivity contribution in [3.8, 4) is 34.3 Å². The number of oxazole rings is 1. The molecule has 0 saturated heterocycles. The average molecular weight is 702 g/mol. The zero-order valence-corrected chi connectivity index (χ0v) is 26.7. The Labute approximate surface area is 286 Å². The fourth-order valence-electron chi connectivity index (χ4n) is 4.98. The minimum absolute atomic E-state index is 0.0887. The first kappa shape index (κ1) is 34.6. The molecule has 0 radical (unpaired) electrons. The molecule has 0 spiro atoms. The molecular formula is C38H25F6N3O4. The van der Waals surface area contributed by atoms with Crippen molar-refractivity contribution in [1.82, 2.24) is 15.0 Å². The maximum atomic E-state index is 12.7. The van der Waals surface area contributed by atoms with E-state index in [-0.39, 0.29) is 11.5 Å². The molecule has 0 aliphatic rings. The summed E-state index contributed by atoms with van der Waals surface area (Å²) in [6.45, 7) is 3.21. The van der Waals surface area contributed by atoms with Crippen molar-refractivity contribution in [2.24, 2.45) is 0 Å². The van der Waals surface area contributed by atoms with Crippen LogP contribution in [0.3, 0.4) is 0 Å². The van der Waals surface area contributed by atoms with Crippen molar-refractivity contribution in [3.63, 3.8) is 0 Å². The Kier molecular flexibility index (Phi) is 9.46. The Morgan fingerprint density at radius 3 is 1.57 bits per heavy atom. The van der Waals surface area contributed by atoms with Crippen LogP contribution in [0, 0.1) is 6.92 Å². The maximum absolute atomic E-state index is 12.7. The van der Waals surface area contributed by atoms with Crippen molar-refractivity contribution < 1.29 is 45.0 Å². The number of nitrogens with zero attached hydrogens (tertiary/aromatic N) is 3. The Balaban J connectivity index is 0.000000177. The summed E-state index contributed by atoms with van der Waals surface area (Å²) in [6, 6.07) is 19.7. The van der Waals surface area contributed by atoms with Gasteiger partial charge in [-0.15, -0.1) is 0 Å². The van der Waals surface area contributed by atoms with Gasteiger partial charge in [0.2, 0.25) is 0 Å². The number of carbonyl (C=O) groups is 1. The van der Waals surface area contributed by atoms with Gasteiger partial charge in [0.1, 0.15) is 11.5 Å². The fraction of sp³-hybridized carbons (Fsp3) is 0.105. The van der Waals surface area contributed by atoms with E-state index in [1.165, 1.54) is 43.6 Å². The maximum Gasteiger partial charge on any atom is 0.416 e. The third-order valence-electron chi connectivity index (χ3n) is 7.58. The van der Waals surface area contributed by atoms with Crippen LogP contribution in [0.2, 0.25) is 0 Å². The summed E-state index contributed by atoms with van der Waals surface area (Å²) in [5.41, 5.74) is -0.142. The predicted octanol–water partition coefficient (Wildman–Crippen LogP) is 11.3. The first-order chi connectivity index (χ1) is 24.2. The van der Waals surface area contributed by atoms with E-state index in [0.29, 0.717) is 39.8 Å². The van der Waals surface area contributed by atoms with Gasteiger partial charge in [0, 0.05) is 52.0 Å². The van der Waals surface area contributed by atoms with Gasteiger partial charge in [0.05, 0.1) is 29.7 Å². The van der Waals surface area contributed by atoms with E-state index in [9.17, 15) is 31.1 Å². The lowest BCUT2D eigenvalue weighted by atomic mass is 10.1. The summed E-state index contributed by atoms with van der Waals surface area (Å²) >= 11 is 0. The van der Waals surface area contributed by atoms with Gasteiger partial charge in [-0.05, 0) is 67.6 Å². The van der Waals surface area contributed by atoms with Gasteiger partial charge in [-0.2, -0.15) is 26.3 Å². The quantitative estimate of drug-likeness (QED) is 0.126. The SMILES string of the molecule is CC(=O)c1ccc2cncc(Oc3ccc(C(F)(F)F)cc3)c2c1.Cc1ncc(-c2ccc3cncc(Oc4ccc(C(F)(F)F)cc4)c3c2)o1. The molecule has 0 aliphatic heterocycles. The number of ketones is 1. The van der Waals surface area contributed by atoms with Crippen LogP contribution in [-0.4, -0.2) is 20.7 Å². The Bertz CT molecular complexity index is 2340. The van der Waals surface area contributed by atoms with E-state index in [1.54, 1.807) is 43.7 Å². The molecule has 51 heavy (non-hydrogen) atoms. The molecule has 7 rings (SSSR count). The lowest BCUT2D eigenvalue weighted by Crippen LogP contribution is -2.04. The third-order valence-corrected chi connectivity index (χ3v) is 7.58. The van der Waals surface area contributed by atoms with E-state index in [4.69, 9.17) is 13.9 Å². The summed E-state index contributed by atoms with van der Waals surface area (Å²) < 4.78 is 92.8. The Hall–Kier alpha value is -6.24. The molecule has 3 aromatic heterocycles. The zero-order valence-electron chi connectivity index (χ0n) is 26.7. The summed E-state index contributed by atoms with van der Waals surface area (Å²) in [5.74, 6) is 2.44. The molecule has 0 fully saturated rings. The van der Waals surface area contributed by atoms with Gasteiger partial charge in [0.25, 0.3) is 0 Å². The molecule has 13 heteroatoms. The number of alkyl halides is 6. The predicted molar refractivity (Wildman–Crippen MR) is 177 cm³/mol. The van der Waals surface area contributed by atoms with Crippen molar-refractivity contribution >= 4 is 27.3 Å². The number of carbonyl (C=O) groups excluding carboxylic acids is 1. The van der Waals surface area contributed by atoms with E-state index in [2.05, 4.69) is 15.0 Å². The smallest absolute Gasteiger partial charge is 0.416 e. The molecule has 0 atom stereocenters. The molecule has 258 valence electrons. The first-order valence-corrected chi connectivity index (χ1v) is 15.1. The standard InChI is InChI=1S/C20H13F3N2O2.C18H12F3NO2/c1-12-25-11-18(26-12)13-2-3-14-9-24-10-19(17(14)8-13)27-16-6-4-15(5-7-16)20(21,22)23;1-11(23)12-2-3-13-9-22-10-17(16(13)8-12)24-15-6-4-14(5-7-15)18(19,20)21/h2-11H,1H3;2-10H,1H3. The largest absolute Gasteiger partial charge is 0.455 e. The van der Waals surface area contributed by atoms with Crippen LogP contribution in [0.5, 0.6) is 23.0 Å². The second-order valence-electron chi connectivity index (χ2n) is 11.2. The number of hydrogen-bond acceptors (Lipinski definition) is 7. The molecule has 7 nitrogen and oxygen atoms in total. The minimum atomic E-state index is -4.39. The van der Waals surface area contributed by atoms with Crippen LogP contribution < -0.4 is 9.47 Å². The van der Waals surface area contributed by atoms with Crippen LogP contribution in [0.25, 0.3) is 32.9 Å². The number of aryl methyl sites for hydroxylation is 1. The van der Waals surface area contributed by atoms with Gasteiger partial charge in [-0.3, -0.25) is 14.8 Å². The Morgan fingerprint density at radius 1 is 0.627 bits per heavy atom. The second kappa shape index (κ2) is 13.9. The number of aromatic nitrogens is 3. The van der Waals surface area contributed by atoms with Crippen molar-refractivity contribution in [2.75, 3.05) is 0 Å². The highest BCUT2D eigenvalue weighted by molar-refractivity contribution is 5.99. The molecule has 0 aliphatic carbocycles. The molecule has 3 heterocycles. The van der Waals surface area contributed by atoms with Gasteiger partial charge in [-0.1, -0.05) is 24.3 Å².